The van der Waals surface area contributed by atoms with Crippen molar-refractivity contribution in [1.29, 1.82) is 0 Å². The van der Waals surface area contributed by atoms with Gasteiger partial charge in [-0.3, -0.25) is 9.88 Å². The highest BCUT2D eigenvalue weighted by atomic mass is 15.3. The van der Waals surface area contributed by atoms with Gasteiger partial charge < -0.3 is 9.88 Å². The van der Waals surface area contributed by atoms with Crippen molar-refractivity contribution in [2.75, 3.05) is 31.1 Å². The monoisotopic (exact) mass is 317 g/mol. The van der Waals surface area contributed by atoms with Gasteiger partial charge in [0.25, 0.3) is 0 Å². The molecule has 0 saturated carbocycles. The minimum atomic E-state index is 0.694. The number of hydrogen-bond donors (Lipinski definition) is 1. The van der Waals surface area contributed by atoms with Crippen LogP contribution in [-0.2, 0) is 6.54 Å². The number of benzene rings is 1. The van der Waals surface area contributed by atoms with Crippen LogP contribution in [0.15, 0.2) is 48.8 Å². The molecule has 120 valence electrons. The average Bonchev–Trinajstić information content (AvgIpc) is 3.04. The van der Waals surface area contributed by atoms with E-state index in [1.165, 1.54) is 11.4 Å². The minimum absolute atomic E-state index is 0.694. The van der Waals surface area contributed by atoms with E-state index in [-0.39, 0.29) is 0 Å². The van der Waals surface area contributed by atoms with Gasteiger partial charge in [0.05, 0.1) is 6.57 Å². The van der Waals surface area contributed by atoms with E-state index in [0.717, 1.165) is 43.6 Å². The molecule has 5 heteroatoms. The first-order valence-corrected chi connectivity index (χ1v) is 8.18. The zero-order chi connectivity index (χ0) is 16.4. The van der Waals surface area contributed by atoms with Crippen LogP contribution in [0.2, 0.25) is 0 Å². The number of pyridine rings is 1. The number of nitrogens with one attached hydrogen (secondary N) is 1. The van der Waals surface area contributed by atoms with Crippen molar-refractivity contribution < 1.29 is 0 Å². The van der Waals surface area contributed by atoms with Gasteiger partial charge in [-0.25, -0.2) is 4.85 Å². The van der Waals surface area contributed by atoms with Crippen molar-refractivity contribution in [3.8, 4) is 0 Å². The Balaban J connectivity index is 1.41. The van der Waals surface area contributed by atoms with Crippen LogP contribution in [0.3, 0.4) is 0 Å². The van der Waals surface area contributed by atoms with Crippen LogP contribution in [0.1, 0.15) is 5.69 Å². The van der Waals surface area contributed by atoms with E-state index in [4.69, 9.17) is 6.57 Å². The largest absolute Gasteiger partial charge is 0.369 e. The summed E-state index contributed by atoms with van der Waals surface area (Å²) in [5, 5.41) is 1.12. The minimum Gasteiger partial charge on any atom is -0.369 e. The smallest absolute Gasteiger partial charge is 0.187 e. The Labute approximate surface area is 141 Å². The number of fused-ring (bicyclic) bond motifs is 1. The van der Waals surface area contributed by atoms with Gasteiger partial charge in [0.2, 0.25) is 0 Å². The molecule has 0 aliphatic carbocycles. The summed E-state index contributed by atoms with van der Waals surface area (Å²) in [5.41, 5.74) is 4.26. The lowest BCUT2D eigenvalue weighted by Crippen LogP contribution is -2.46. The Morgan fingerprint density at radius 3 is 2.58 bits per heavy atom. The summed E-state index contributed by atoms with van der Waals surface area (Å²) in [6.07, 6.45) is 3.70. The van der Waals surface area contributed by atoms with Crippen LogP contribution in [0.4, 0.5) is 11.4 Å². The standard InChI is InChI=1S/C19H19N5/c1-20-16-2-3-19-15(12-16)13-17(22-19)14-23-8-10-24(11-9-23)18-4-6-21-7-5-18/h2-7,12-13,22H,8-11,14H2. The van der Waals surface area contributed by atoms with Gasteiger partial charge >= 0.3 is 0 Å². The van der Waals surface area contributed by atoms with Crippen molar-refractivity contribution in [1.82, 2.24) is 14.9 Å². The zero-order valence-electron chi connectivity index (χ0n) is 13.4. The van der Waals surface area contributed by atoms with Crippen LogP contribution in [0.5, 0.6) is 0 Å². The second-order valence-corrected chi connectivity index (χ2v) is 6.15. The highest BCUT2D eigenvalue weighted by Crippen LogP contribution is 2.23. The van der Waals surface area contributed by atoms with E-state index < -0.39 is 0 Å². The lowest BCUT2D eigenvalue weighted by molar-refractivity contribution is 0.247. The van der Waals surface area contributed by atoms with Crippen molar-refractivity contribution >= 4 is 22.3 Å². The second-order valence-electron chi connectivity index (χ2n) is 6.15. The SMILES string of the molecule is [C-]#[N+]c1ccc2[nH]c(CN3CCN(c4ccncc4)CC3)cc2c1. The fraction of sp³-hybridized carbons (Fsp3) is 0.263. The van der Waals surface area contributed by atoms with E-state index >= 15 is 0 Å². The summed E-state index contributed by atoms with van der Waals surface area (Å²) in [6, 6.07) is 12.1. The fourth-order valence-electron chi connectivity index (χ4n) is 3.29. The Bertz CT molecular complexity index is 870. The molecule has 1 aliphatic heterocycles. The Morgan fingerprint density at radius 2 is 1.83 bits per heavy atom. The van der Waals surface area contributed by atoms with Gasteiger partial charge in [0.1, 0.15) is 0 Å². The lowest BCUT2D eigenvalue weighted by atomic mass is 10.2. The van der Waals surface area contributed by atoms with Crippen LogP contribution in [-0.4, -0.2) is 41.0 Å². The Hall–Kier alpha value is -2.84. The molecule has 0 radical (unpaired) electrons. The maximum absolute atomic E-state index is 7.12. The summed E-state index contributed by atoms with van der Waals surface area (Å²) in [6.45, 7) is 12.2. The molecular weight excluding hydrogens is 298 g/mol. The first-order chi connectivity index (χ1) is 11.8. The number of aromatic amines is 1. The molecule has 3 heterocycles. The molecule has 4 rings (SSSR count). The predicted molar refractivity (Wildman–Crippen MR) is 96.3 cm³/mol. The molecule has 1 aliphatic rings. The van der Waals surface area contributed by atoms with Gasteiger partial charge in [-0.1, -0.05) is 6.07 Å². The van der Waals surface area contributed by atoms with Crippen LogP contribution in [0.25, 0.3) is 15.7 Å². The molecule has 5 nitrogen and oxygen atoms in total. The number of nitrogens with zero attached hydrogens (tertiary/aromatic N) is 4. The molecule has 1 N–H and O–H groups in total. The second kappa shape index (κ2) is 6.34. The van der Waals surface area contributed by atoms with Gasteiger partial charge in [-0.05, 0) is 35.7 Å². The highest BCUT2D eigenvalue weighted by Gasteiger charge is 2.17. The zero-order valence-corrected chi connectivity index (χ0v) is 13.4. The molecule has 1 aromatic carbocycles. The van der Waals surface area contributed by atoms with Gasteiger partial charge in [-0.2, -0.15) is 0 Å². The van der Waals surface area contributed by atoms with Crippen molar-refractivity contribution in [3.05, 3.63) is 65.9 Å². The molecular formula is C19H19N5. The van der Waals surface area contributed by atoms with E-state index in [2.05, 4.69) is 42.8 Å². The molecule has 1 saturated heterocycles. The molecule has 1 fully saturated rings. The van der Waals surface area contributed by atoms with Crippen LogP contribution in [0, 0.1) is 6.57 Å². The van der Waals surface area contributed by atoms with E-state index in [1.54, 1.807) is 0 Å². The molecule has 0 amide bonds. The highest BCUT2D eigenvalue weighted by molar-refractivity contribution is 5.84. The molecule has 3 aromatic rings. The molecule has 2 aromatic heterocycles. The van der Waals surface area contributed by atoms with Gasteiger partial charge in [0, 0.05) is 62.0 Å². The number of anilines is 1. The van der Waals surface area contributed by atoms with Gasteiger partial charge in [0.15, 0.2) is 5.69 Å². The number of hydrogen-bond acceptors (Lipinski definition) is 3. The van der Waals surface area contributed by atoms with Crippen LogP contribution < -0.4 is 4.90 Å². The quantitative estimate of drug-likeness (QED) is 0.752. The summed E-state index contributed by atoms with van der Waals surface area (Å²) in [7, 11) is 0. The third-order valence-electron chi connectivity index (χ3n) is 4.58. The first kappa shape index (κ1) is 14.7. The maximum atomic E-state index is 7.12. The third-order valence-corrected chi connectivity index (χ3v) is 4.58. The molecule has 0 unspecified atom stereocenters. The maximum Gasteiger partial charge on any atom is 0.187 e. The normalized spacial score (nSPS) is 15.5. The summed E-state index contributed by atoms with van der Waals surface area (Å²) >= 11 is 0. The van der Waals surface area contributed by atoms with Crippen molar-refractivity contribution in [2.24, 2.45) is 0 Å². The van der Waals surface area contributed by atoms with Crippen LogP contribution >= 0.6 is 0 Å². The van der Waals surface area contributed by atoms with Gasteiger partial charge in [-0.15, -0.1) is 0 Å². The molecule has 24 heavy (non-hydrogen) atoms. The summed E-state index contributed by atoms with van der Waals surface area (Å²) in [5.74, 6) is 0. The number of piperazine rings is 1. The Kier molecular flexibility index (Phi) is 3.89. The van der Waals surface area contributed by atoms with E-state index in [1.807, 2.05) is 30.6 Å². The van der Waals surface area contributed by atoms with Crippen molar-refractivity contribution in [2.45, 2.75) is 6.54 Å². The number of aromatic nitrogens is 2. The number of rotatable bonds is 3. The topological polar surface area (TPSA) is 39.5 Å². The van der Waals surface area contributed by atoms with Crippen molar-refractivity contribution in [3.63, 3.8) is 0 Å². The predicted octanol–water partition coefficient (Wildman–Crippen LogP) is 3.44. The fourth-order valence-corrected chi connectivity index (χ4v) is 3.29. The molecule has 0 atom stereocenters. The average molecular weight is 317 g/mol. The number of H-pyrrole nitrogens is 1. The molecule has 0 bridgehead atoms. The summed E-state index contributed by atoms with van der Waals surface area (Å²) < 4.78 is 0. The van der Waals surface area contributed by atoms with E-state index in [0.29, 0.717) is 5.69 Å². The first-order valence-electron chi connectivity index (χ1n) is 8.18. The molecule has 0 spiro atoms. The third kappa shape index (κ3) is 2.97. The van der Waals surface area contributed by atoms with E-state index in [9.17, 15) is 0 Å². The Morgan fingerprint density at radius 1 is 1.04 bits per heavy atom. The lowest BCUT2D eigenvalue weighted by Gasteiger charge is -2.35. The summed E-state index contributed by atoms with van der Waals surface area (Å²) in [4.78, 5) is 15.9.